The minimum atomic E-state index is -0.767. The Hall–Kier alpha value is 2.05. The number of alkyl halides is 1. The molecule has 0 spiro atoms. The van der Waals surface area contributed by atoms with E-state index in [2.05, 4.69) is 61.3 Å². The van der Waals surface area contributed by atoms with Crippen molar-refractivity contribution in [3.63, 3.8) is 0 Å². The molecule has 2 aliphatic rings. The van der Waals surface area contributed by atoms with Crippen LogP contribution in [0.3, 0.4) is 0 Å². The lowest BCUT2D eigenvalue weighted by Crippen LogP contribution is -1.85. The molecule has 0 nitrogen and oxygen atoms in total. The summed E-state index contributed by atoms with van der Waals surface area (Å²) in [7, 11) is 3.35. The Morgan fingerprint density at radius 1 is 1.27 bits per heavy atom. The van der Waals surface area contributed by atoms with Crippen LogP contribution in [0.2, 0.25) is 0 Å². The van der Waals surface area contributed by atoms with Crippen molar-refractivity contribution in [2.24, 2.45) is 0 Å². The number of hydrogen-bond donors (Lipinski definition) is 0. The van der Waals surface area contributed by atoms with Crippen LogP contribution in [0.4, 0.5) is 0 Å². The fraction of sp³-hybridized carbons (Fsp3) is 0.250. The maximum absolute atomic E-state index is 2.46. The van der Waals surface area contributed by atoms with Gasteiger partial charge in [-0.25, -0.2) is 0 Å². The Bertz CT molecular complexity index is 326. The van der Waals surface area contributed by atoms with Gasteiger partial charge in [0.15, 0.2) is 0 Å². The van der Waals surface area contributed by atoms with E-state index >= 15 is 0 Å². The summed E-state index contributed by atoms with van der Waals surface area (Å²) in [5.41, 5.74) is 0. The lowest BCUT2D eigenvalue weighted by molar-refractivity contribution is 2.36. The number of rotatable bonds is 3. The van der Waals surface area contributed by atoms with E-state index in [0.29, 0.717) is 0 Å². The summed E-state index contributed by atoms with van der Waals surface area (Å²) in [6.45, 7) is 0. The van der Waals surface area contributed by atoms with E-state index in [1.165, 1.54) is 8.00 Å². The molecule has 2 heterocycles. The molecule has 0 saturated carbocycles. The van der Waals surface area contributed by atoms with Crippen molar-refractivity contribution < 1.29 is 0 Å². The van der Waals surface area contributed by atoms with E-state index in [1.54, 1.807) is 4.24 Å². The van der Waals surface area contributed by atoms with Crippen molar-refractivity contribution >= 4 is 87.6 Å². The number of hydrogen-bond acceptors (Lipinski definition) is 5. The Labute approximate surface area is 126 Å². The molecule has 2 aliphatic heterocycles. The van der Waals surface area contributed by atoms with Gasteiger partial charge in [0.25, 0.3) is 0 Å². The predicted molar refractivity (Wildman–Crippen MR) is 95.7 cm³/mol. The Kier molecular flexibility index (Phi) is 5.65. The smallest absolute Gasteiger partial charge is 0.0696 e. The highest BCUT2D eigenvalue weighted by atomic mass is 127. The third kappa shape index (κ3) is 2.90. The zero-order chi connectivity index (χ0) is 10.7. The molecule has 0 aliphatic carbocycles. The van der Waals surface area contributed by atoms with E-state index in [1.807, 2.05) is 46.1 Å². The van der Waals surface area contributed by atoms with Gasteiger partial charge in [0.2, 0.25) is 0 Å². The van der Waals surface area contributed by atoms with Crippen LogP contribution in [0, 0.1) is 0 Å². The third-order valence-electron chi connectivity index (χ3n) is 1.71. The first-order chi connectivity index (χ1) is 7.32. The minimum absolute atomic E-state index is 0.767. The molecule has 2 rings (SSSR count). The first-order valence-electron chi connectivity index (χ1n) is 3.97. The largest absolute Gasteiger partial charge is 0.0984 e. The molecular formula is C8H9IS6. The van der Waals surface area contributed by atoms with Gasteiger partial charge in [-0.1, -0.05) is 87.6 Å². The lowest BCUT2D eigenvalue weighted by atomic mass is 11.2. The van der Waals surface area contributed by atoms with E-state index in [-0.39, 0.29) is 0 Å². The lowest BCUT2D eigenvalue weighted by Gasteiger charge is -2.31. The van der Waals surface area contributed by atoms with Crippen LogP contribution in [0.5, 0.6) is 0 Å². The van der Waals surface area contributed by atoms with E-state index in [9.17, 15) is 0 Å². The van der Waals surface area contributed by atoms with Crippen LogP contribution in [0.15, 0.2) is 30.1 Å². The average Bonchev–Trinajstić information content (AvgIpc) is 2.85. The SMILES string of the molecule is CSS1(SCI)C=CSC1=C1SC=CS1. The van der Waals surface area contributed by atoms with Gasteiger partial charge < -0.3 is 0 Å². The van der Waals surface area contributed by atoms with Crippen LogP contribution >= 0.6 is 87.6 Å². The van der Waals surface area contributed by atoms with Gasteiger partial charge in [-0.2, -0.15) is 0 Å². The van der Waals surface area contributed by atoms with Crippen molar-refractivity contribution in [3.8, 4) is 0 Å². The fourth-order valence-corrected chi connectivity index (χ4v) is 19.3. The molecule has 0 fully saturated rings. The van der Waals surface area contributed by atoms with Crippen molar-refractivity contribution in [1.29, 1.82) is 0 Å². The first kappa shape index (κ1) is 13.5. The molecule has 0 aromatic rings. The van der Waals surface area contributed by atoms with Gasteiger partial charge in [-0.3, -0.25) is 0 Å². The van der Waals surface area contributed by atoms with Crippen LogP contribution in [-0.2, 0) is 0 Å². The van der Waals surface area contributed by atoms with E-state index in [0.717, 1.165) is 0 Å². The summed E-state index contributed by atoms with van der Waals surface area (Å²) in [5, 5.41) is 9.07. The van der Waals surface area contributed by atoms with Crippen molar-refractivity contribution in [2.45, 2.75) is 0 Å². The zero-order valence-electron chi connectivity index (χ0n) is 7.84. The standard InChI is InChI=1S/C8H9IS6/c1-10-15(14-6-9)5-4-13-8(15)7-11-2-3-12-7/h2-5H,6H2,1H3. The summed E-state index contributed by atoms with van der Waals surface area (Å²) < 4.78 is 4.25. The number of halogens is 1. The second-order valence-corrected chi connectivity index (χ2v) is 15.6. The highest BCUT2D eigenvalue weighted by molar-refractivity contribution is 14.1. The number of thioether (sulfide) groups is 3. The molecule has 0 aromatic heterocycles. The van der Waals surface area contributed by atoms with E-state index < -0.39 is 8.09 Å². The molecule has 84 valence electrons. The Morgan fingerprint density at radius 3 is 2.60 bits per heavy atom. The molecule has 0 amide bonds. The van der Waals surface area contributed by atoms with Gasteiger partial charge in [0.1, 0.15) is 0 Å². The second-order valence-electron chi connectivity index (χ2n) is 2.41. The fourth-order valence-electron chi connectivity index (χ4n) is 1.10. The maximum Gasteiger partial charge on any atom is 0.0696 e. The summed E-state index contributed by atoms with van der Waals surface area (Å²) >= 11 is 8.13. The van der Waals surface area contributed by atoms with Crippen molar-refractivity contribution in [2.75, 3.05) is 10.0 Å². The summed E-state index contributed by atoms with van der Waals surface area (Å²) in [6, 6.07) is 0. The molecular weight excluding hydrogens is 415 g/mol. The minimum Gasteiger partial charge on any atom is -0.0984 e. The van der Waals surface area contributed by atoms with Crippen molar-refractivity contribution in [3.05, 3.63) is 30.1 Å². The van der Waals surface area contributed by atoms with Crippen LogP contribution in [0.1, 0.15) is 0 Å². The van der Waals surface area contributed by atoms with Crippen molar-refractivity contribution in [1.82, 2.24) is 0 Å². The van der Waals surface area contributed by atoms with Gasteiger partial charge >= 0.3 is 0 Å². The Morgan fingerprint density at radius 2 is 2.00 bits per heavy atom. The van der Waals surface area contributed by atoms with E-state index in [4.69, 9.17) is 0 Å². The average molecular weight is 424 g/mol. The quantitative estimate of drug-likeness (QED) is 0.291. The van der Waals surface area contributed by atoms with Crippen LogP contribution in [0.25, 0.3) is 0 Å². The Balaban J connectivity index is 2.28. The molecule has 1 unspecified atom stereocenters. The molecule has 0 aromatic carbocycles. The predicted octanol–water partition coefficient (Wildman–Crippen LogP) is 6.41. The normalized spacial score (nSPS) is 33.7. The molecule has 0 bridgehead atoms. The molecule has 0 N–H and O–H groups in total. The first-order valence-corrected chi connectivity index (χ1v) is 13.1. The van der Waals surface area contributed by atoms with Gasteiger partial charge in [0, 0.05) is 0 Å². The molecule has 0 saturated heterocycles. The van der Waals surface area contributed by atoms with Crippen LogP contribution < -0.4 is 0 Å². The highest BCUT2D eigenvalue weighted by Crippen LogP contribution is 2.82. The highest BCUT2D eigenvalue weighted by Gasteiger charge is 2.33. The van der Waals surface area contributed by atoms with Crippen LogP contribution in [-0.4, -0.2) is 10.0 Å². The van der Waals surface area contributed by atoms with Gasteiger partial charge in [-0.15, -0.1) is 0 Å². The maximum atomic E-state index is 2.46. The summed E-state index contributed by atoms with van der Waals surface area (Å²) in [6.07, 6.45) is 2.24. The topological polar surface area (TPSA) is 0 Å². The summed E-state index contributed by atoms with van der Waals surface area (Å²) in [5.74, 6) is 0. The molecule has 1 atom stereocenters. The molecule has 7 heteroatoms. The van der Waals surface area contributed by atoms with Gasteiger partial charge in [-0.05, 0) is 27.9 Å². The molecule has 15 heavy (non-hydrogen) atoms. The van der Waals surface area contributed by atoms with Gasteiger partial charge in [0.05, 0.1) is 12.2 Å². The zero-order valence-corrected chi connectivity index (χ0v) is 14.9. The third-order valence-corrected chi connectivity index (χ3v) is 17.9. The summed E-state index contributed by atoms with van der Waals surface area (Å²) in [4.78, 5) is 0. The molecule has 0 radical (unpaired) electrons. The monoisotopic (exact) mass is 424 g/mol. The second kappa shape index (κ2) is 6.29.